The molecule has 0 fully saturated rings. The van der Waals surface area contributed by atoms with E-state index in [4.69, 9.17) is 0 Å². The van der Waals surface area contributed by atoms with Crippen LogP contribution >= 0.6 is 0 Å². The highest BCUT2D eigenvalue weighted by molar-refractivity contribution is 5.98. The topological polar surface area (TPSA) is 58.2 Å². The number of anilines is 2. The Labute approximate surface area is 95.0 Å². The molecule has 0 aliphatic heterocycles. The Hall–Kier alpha value is -1.84. The lowest BCUT2D eigenvalue weighted by Crippen LogP contribution is -2.12. The third-order valence-corrected chi connectivity index (χ3v) is 2.26. The van der Waals surface area contributed by atoms with Crippen LogP contribution in [0.1, 0.15) is 25.0 Å². The van der Waals surface area contributed by atoms with E-state index in [-0.39, 0.29) is 11.8 Å². The van der Waals surface area contributed by atoms with Crippen molar-refractivity contribution in [3.8, 4) is 0 Å². The van der Waals surface area contributed by atoms with Crippen molar-refractivity contribution in [1.29, 1.82) is 0 Å². The molecule has 4 nitrogen and oxygen atoms in total. The van der Waals surface area contributed by atoms with Crippen LogP contribution in [0.25, 0.3) is 0 Å². The van der Waals surface area contributed by atoms with E-state index in [0.717, 1.165) is 11.1 Å². The zero-order chi connectivity index (χ0) is 12.3. The van der Waals surface area contributed by atoms with Crippen molar-refractivity contribution < 1.29 is 9.59 Å². The summed E-state index contributed by atoms with van der Waals surface area (Å²) in [7, 11) is 0. The Bertz CT molecular complexity index is 398. The van der Waals surface area contributed by atoms with Gasteiger partial charge in [-0.1, -0.05) is 0 Å². The molecular formula is C12H16N2O2. The molecule has 0 aromatic heterocycles. The van der Waals surface area contributed by atoms with Gasteiger partial charge in [-0.15, -0.1) is 0 Å². The number of amides is 2. The minimum atomic E-state index is -0.158. The predicted octanol–water partition coefficient (Wildman–Crippen LogP) is 2.22. The summed E-state index contributed by atoms with van der Waals surface area (Å²) in [6.45, 7) is 6.79. The van der Waals surface area contributed by atoms with Crippen LogP contribution in [0.15, 0.2) is 12.1 Å². The van der Waals surface area contributed by atoms with Gasteiger partial charge in [0.25, 0.3) is 0 Å². The number of carbonyl (C=O) groups is 2. The van der Waals surface area contributed by atoms with E-state index in [1.165, 1.54) is 13.8 Å². The van der Waals surface area contributed by atoms with Crippen molar-refractivity contribution in [3.63, 3.8) is 0 Å². The number of rotatable bonds is 2. The summed E-state index contributed by atoms with van der Waals surface area (Å²) in [5.41, 5.74) is 3.40. The van der Waals surface area contributed by atoms with Gasteiger partial charge in [-0.25, -0.2) is 0 Å². The molecule has 0 saturated heterocycles. The fourth-order valence-electron chi connectivity index (χ4n) is 1.40. The number of aryl methyl sites for hydroxylation is 2. The third-order valence-electron chi connectivity index (χ3n) is 2.26. The average molecular weight is 220 g/mol. The van der Waals surface area contributed by atoms with Gasteiger partial charge >= 0.3 is 0 Å². The lowest BCUT2D eigenvalue weighted by Gasteiger charge is -2.13. The van der Waals surface area contributed by atoms with E-state index in [9.17, 15) is 9.59 Å². The van der Waals surface area contributed by atoms with Gasteiger partial charge in [0.05, 0.1) is 11.4 Å². The first kappa shape index (κ1) is 12.2. The van der Waals surface area contributed by atoms with Crippen molar-refractivity contribution in [3.05, 3.63) is 23.3 Å². The van der Waals surface area contributed by atoms with Gasteiger partial charge in [0.15, 0.2) is 0 Å². The molecule has 0 bridgehead atoms. The molecule has 0 unspecified atom stereocenters. The maximum absolute atomic E-state index is 11.0. The normalized spacial score (nSPS) is 9.75. The van der Waals surface area contributed by atoms with Crippen LogP contribution in [0.2, 0.25) is 0 Å². The van der Waals surface area contributed by atoms with E-state index >= 15 is 0 Å². The Morgan fingerprint density at radius 1 is 0.875 bits per heavy atom. The van der Waals surface area contributed by atoms with Gasteiger partial charge < -0.3 is 10.6 Å². The fraction of sp³-hybridized carbons (Fsp3) is 0.333. The molecule has 0 atom stereocenters. The molecular weight excluding hydrogens is 204 g/mol. The second-order valence-corrected chi connectivity index (χ2v) is 3.84. The molecule has 0 aliphatic rings. The Morgan fingerprint density at radius 3 is 1.44 bits per heavy atom. The van der Waals surface area contributed by atoms with Crippen molar-refractivity contribution in [2.75, 3.05) is 10.6 Å². The zero-order valence-corrected chi connectivity index (χ0v) is 9.97. The molecule has 0 spiro atoms. The van der Waals surface area contributed by atoms with E-state index in [1.807, 2.05) is 26.0 Å². The van der Waals surface area contributed by atoms with Gasteiger partial charge in [0, 0.05) is 13.8 Å². The van der Waals surface area contributed by atoms with Gasteiger partial charge in [0.2, 0.25) is 11.8 Å². The summed E-state index contributed by atoms with van der Waals surface area (Å²) in [6.07, 6.45) is 0. The van der Waals surface area contributed by atoms with E-state index in [1.54, 1.807) is 0 Å². The average Bonchev–Trinajstić information content (AvgIpc) is 2.11. The van der Waals surface area contributed by atoms with E-state index in [2.05, 4.69) is 10.6 Å². The number of nitrogens with one attached hydrogen (secondary N) is 2. The number of hydrogen-bond donors (Lipinski definition) is 2. The predicted molar refractivity (Wildman–Crippen MR) is 64.5 cm³/mol. The fourth-order valence-corrected chi connectivity index (χ4v) is 1.40. The van der Waals surface area contributed by atoms with Crippen LogP contribution < -0.4 is 10.6 Å². The lowest BCUT2D eigenvalue weighted by atomic mass is 10.1. The lowest BCUT2D eigenvalue weighted by molar-refractivity contribution is -0.115. The van der Waals surface area contributed by atoms with Crippen molar-refractivity contribution in [2.24, 2.45) is 0 Å². The summed E-state index contributed by atoms with van der Waals surface area (Å²) in [5.74, 6) is -0.315. The molecule has 4 heteroatoms. The van der Waals surface area contributed by atoms with E-state index < -0.39 is 0 Å². The van der Waals surface area contributed by atoms with Crippen LogP contribution in [0.4, 0.5) is 11.4 Å². The van der Waals surface area contributed by atoms with Crippen molar-refractivity contribution in [1.82, 2.24) is 0 Å². The molecule has 16 heavy (non-hydrogen) atoms. The summed E-state index contributed by atoms with van der Waals surface area (Å²) in [6, 6.07) is 3.70. The van der Waals surface area contributed by atoms with Crippen LogP contribution in [0.5, 0.6) is 0 Å². The molecule has 1 rings (SSSR count). The molecule has 0 radical (unpaired) electrons. The highest BCUT2D eigenvalue weighted by Crippen LogP contribution is 2.25. The first-order chi connectivity index (χ1) is 7.40. The minimum absolute atomic E-state index is 0.158. The van der Waals surface area contributed by atoms with Gasteiger partial charge in [-0.3, -0.25) is 9.59 Å². The molecule has 2 amide bonds. The summed E-state index contributed by atoms with van der Waals surface area (Å²) < 4.78 is 0. The van der Waals surface area contributed by atoms with Crippen LogP contribution in [-0.4, -0.2) is 11.8 Å². The minimum Gasteiger partial charge on any atom is -0.325 e. The number of benzene rings is 1. The monoisotopic (exact) mass is 220 g/mol. The zero-order valence-electron chi connectivity index (χ0n) is 9.97. The standard InChI is InChI=1S/C12H16N2O2/c1-7-5-11(13-9(3)15)12(6-8(7)2)14-10(4)16/h5-6H,1-4H3,(H,13,15)(H,14,16). The van der Waals surface area contributed by atoms with Crippen molar-refractivity contribution in [2.45, 2.75) is 27.7 Å². The van der Waals surface area contributed by atoms with Crippen LogP contribution in [0, 0.1) is 13.8 Å². The number of carbonyl (C=O) groups excluding carboxylic acids is 2. The van der Waals surface area contributed by atoms with E-state index in [0.29, 0.717) is 11.4 Å². The SMILES string of the molecule is CC(=O)Nc1cc(C)c(C)cc1NC(C)=O. The smallest absolute Gasteiger partial charge is 0.221 e. The maximum Gasteiger partial charge on any atom is 0.221 e. The maximum atomic E-state index is 11.0. The molecule has 1 aromatic rings. The Morgan fingerprint density at radius 2 is 1.19 bits per heavy atom. The largest absolute Gasteiger partial charge is 0.325 e. The third kappa shape index (κ3) is 3.08. The van der Waals surface area contributed by atoms with Crippen molar-refractivity contribution >= 4 is 23.2 Å². The molecule has 0 aliphatic carbocycles. The Balaban J connectivity index is 3.15. The second-order valence-electron chi connectivity index (χ2n) is 3.84. The van der Waals surface area contributed by atoms with Gasteiger partial charge in [-0.2, -0.15) is 0 Å². The van der Waals surface area contributed by atoms with Gasteiger partial charge in [0.1, 0.15) is 0 Å². The van der Waals surface area contributed by atoms with Crippen LogP contribution in [0.3, 0.4) is 0 Å². The summed E-state index contributed by atoms with van der Waals surface area (Å²) in [5, 5.41) is 5.39. The van der Waals surface area contributed by atoms with Gasteiger partial charge in [-0.05, 0) is 37.1 Å². The first-order valence-electron chi connectivity index (χ1n) is 5.06. The summed E-state index contributed by atoms with van der Waals surface area (Å²) >= 11 is 0. The van der Waals surface area contributed by atoms with Crippen LogP contribution in [-0.2, 0) is 9.59 Å². The Kier molecular flexibility index (Phi) is 3.66. The summed E-state index contributed by atoms with van der Waals surface area (Å²) in [4.78, 5) is 22.0. The molecule has 0 saturated carbocycles. The molecule has 86 valence electrons. The highest BCUT2D eigenvalue weighted by Gasteiger charge is 2.07. The number of hydrogen-bond acceptors (Lipinski definition) is 2. The highest BCUT2D eigenvalue weighted by atomic mass is 16.2. The first-order valence-corrected chi connectivity index (χ1v) is 5.06. The molecule has 2 N–H and O–H groups in total. The second kappa shape index (κ2) is 4.79. The molecule has 0 heterocycles. The molecule has 1 aromatic carbocycles. The quantitative estimate of drug-likeness (QED) is 0.802.